The van der Waals surface area contributed by atoms with Crippen LogP contribution in [0.4, 0.5) is 9.59 Å². The molecule has 0 aliphatic carbocycles. The summed E-state index contributed by atoms with van der Waals surface area (Å²) in [5.74, 6) is -0.0847. The summed E-state index contributed by atoms with van der Waals surface area (Å²) in [5, 5.41) is 23.1. The van der Waals surface area contributed by atoms with Crippen molar-refractivity contribution < 1.29 is 24.2 Å². The average molecular weight is 693 g/mol. The highest BCUT2D eigenvalue weighted by atomic mass is 32.1. The van der Waals surface area contributed by atoms with Gasteiger partial charge in [-0.15, -0.1) is 22.7 Å². The lowest BCUT2D eigenvalue weighted by Gasteiger charge is -2.29. The van der Waals surface area contributed by atoms with Crippen molar-refractivity contribution in [1.82, 2.24) is 30.8 Å². The number of nitrogens with one attached hydrogen (secondary N) is 3. The van der Waals surface area contributed by atoms with Crippen molar-refractivity contribution in [3.05, 3.63) is 104 Å². The molecule has 0 saturated heterocycles. The topological polar surface area (TPSA) is 146 Å². The number of hydrogen-bond donors (Lipinski definition) is 4. The molecule has 11 nitrogen and oxygen atoms in total. The van der Waals surface area contributed by atoms with E-state index < -0.39 is 42.3 Å². The Morgan fingerprint density at radius 2 is 1.58 bits per heavy atom. The van der Waals surface area contributed by atoms with Crippen molar-refractivity contribution in [1.29, 1.82) is 0 Å². The van der Waals surface area contributed by atoms with Gasteiger partial charge in [0.1, 0.15) is 12.6 Å². The van der Waals surface area contributed by atoms with Crippen molar-refractivity contribution >= 4 is 40.7 Å². The molecule has 0 radical (unpaired) electrons. The third-order valence-electron chi connectivity index (χ3n) is 7.63. The number of carbonyl (C=O) groups excluding carboxylic acids is 3. The molecule has 4 atom stereocenters. The molecule has 0 bridgehead atoms. The van der Waals surface area contributed by atoms with E-state index >= 15 is 0 Å². The Kier molecular flexibility index (Phi) is 13.9. The second-order valence-electron chi connectivity index (χ2n) is 12.0. The van der Waals surface area contributed by atoms with Crippen molar-refractivity contribution in [2.24, 2.45) is 0 Å². The van der Waals surface area contributed by atoms with Gasteiger partial charge in [0.15, 0.2) is 0 Å². The number of thiazole rings is 2. The van der Waals surface area contributed by atoms with Crippen LogP contribution in [0.5, 0.6) is 0 Å². The van der Waals surface area contributed by atoms with Gasteiger partial charge < -0.3 is 30.7 Å². The molecule has 4 aromatic rings. The first-order chi connectivity index (χ1) is 23.1. The SMILES string of the molecule is CC(NC(=O)N(C)Cc1csc(C(C)C)n1)C(=O)NC(Cc1ccccc1)CC(O)C(Cc1ccccc1)NC(=O)OCc1cncs1. The molecular formula is C35H44N6O5S2. The van der Waals surface area contributed by atoms with Crippen LogP contribution in [0.25, 0.3) is 0 Å². The second kappa shape index (κ2) is 18.3. The number of aromatic nitrogens is 2. The summed E-state index contributed by atoms with van der Waals surface area (Å²) < 4.78 is 5.40. The number of benzene rings is 2. The molecule has 0 fully saturated rings. The van der Waals surface area contributed by atoms with Crippen LogP contribution in [-0.2, 0) is 35.5 Å². The molecule has 0 aliphatic heterocycles. The van der Waals surface area contributed by atoms with Crippen molar-refractivity contribution in [3.63, 3.8) is 0 Å². The van der Waals surface area contributed by atoms with E-state index in [4.69, 9.17) is 4.74 Å². The van der Waals surface area contributed by atoms with E-state index in [1.807, 2.05) is 66.0 Å². The summed E-state index contributed by atoms with van der Waals surface area (Å²) in [5.41, 5.74) is 4.34. The number of amides is 4. The van der Waals surface area contributed by atoms with E-state index in [1.165, 1.54) is 16.2 Å². The van der Waals surface area contributed by atoms with E-state index in [0.717, 1.165) is 26.7 Å². The normalized spacial score (nSPS) is 13.6. The Morgan fingerprint density at radius 1 is 0.917 bits per heavy atom. The number of ether oxygens (including phenoxy) is 1. The number of nitrogens with zero attached hydrogens (tertiary/aromatic N) is 3. The Morgan fingerprint density at radius 3 is 2.19 bits per heavy atom. The van der Waals surface area contributed by atoms with Crippen LogP contribution in [0.1, 0.15) is 59.8 Å². The Bertz CT molecular complexity index is 1570. The van der Waals surface area contributed by atoms with Gasteiger partial charge >= 0.3 is 12.1 Å². The zero-order valence-corrected chi connectivity index (χ0v) is 29.3. The van der Waals surface area contributed by atoms with E-state index in [9.17, 15) is 19.5 Å². The molecule has 0 spiro atoms. The lowest BCUT2D eigenvalue weighted by Crippen LogP contribution is -2.53. The number of carbonyl (C=O) groups is 3. The first-order valence-electron chi connectivity index (χ1n) is 15.9. The Hall–Kier alpha value is -4.33. The Labute approximate surface area is 289 Å². The minimum Gasteiger partial charge on any atom is -0.444 e. The summed E-state index contributed by atoms with van der Waals surface area (Å²) in [4.78, 5) is 50.1. The molecule has 4 amide bonds. The summed E-state index contributed by atoms with van der Waals surface area (Å²) in [6, 6.07) is 16.7. The maximum absolute atomic E-state index is 13.4. The molecule has 48 heavy (non-hydrogen) atoms. The third-order valence-corrected chi connectivity index (χ3v) is 9.58. The fraction of sp³-hybridized carbons (Fsp3) is 0.400. The lowest BCUT2D eigenvalue weighted by atomic mass is 9.93. The van der Waals surface area contributed by atoms with Crippen LogP contribution < -0.4 is 16.0 Å². The van der Waals surface area contributed by atoms with Gasteiger partial charge in [0.25, 0.3) is 0 Å². The quantitative estimate of drug-likeness (QED) is 0.125. The van der Waals surface area contributed by atoms with Crippen LogP contribution in [0.3, 0.4) is 0 Å². The summed E-state index contributed by atoms with van der Waals surface area (Å²) in [7, 11) is 1.66. The first-order valence-corrected chi connectivity index (χ1v) is 17.7. The van der Waals surface area contributed by atoms with Crippen molar-refractivity contribution in [3.8, 4) is 0 Å². The van der Waals surface area contributed by atoms with Gasteiger partial charge in [-0.1, -0.05) is 74.5 Å². The number of hydrogen-bond acceptors (Lipinski definition) is 9. The number of rotatable bonds is 16. The minimum atomic E-state index is -1.04. The standard InChI is InChI=1S/C35H44N6O5S2/c1-23(2)33-39-28(21-47-33)19-41(4)34(44)37-24(3)32(43)38-27(15-25-11-7-5-8-12-25)17-31(42)30(16-26-13-9-6-10-14-26)40-35(45)46-20-29-18-36-22-48-29/h5-14,18,21-24,27,30-31,42H,15-17,19-20H2,1-4H3,(H,37,44)(H,38,43)(H,40,45). The zero-order valence-electron chi connectivity index (χ0n) is 27.7. The van der Waals surface area contributed by atoms with E-state index in [0.29, 0.717) is 25.3 Å². The highest BCUT2D eigenvalue weighted by Gasteiger charge is 2.28. The maximum Gasteiger partial charge on any atom is 0.407 e. The van der Waals surface area contributed by atoms with Crippen LogP contribution in [-0.4, -0.2) is 69.3 Å². The zero-order chi connectivity index (χ0) is 34.5. The predicted octanol–water partition coefficient (Wildman–Crippen LogP) is 5.27. The smallest absolute Gasteiger partial charge is 0.407 e. The molecule has 256 valence electrons. The molecule has 4 N–H and O–H groups in total. The predicted molar refractivity (Wildman–Crippen MR) is 188 cm³/mol. The molecule has 0 saturated carbocycles. The van der Waals surface area contributed by atoms with Crippen molar-refractivity contribution in [2.45, 2.75) is 83.3 Å². The number of aliphatic hydroxyl groups is 1. The van der Waals surface area contributed by atoms with Gasteiger partial charge in [0, 0.05) is 30.6 Å². The molecule has 0 aliphatic rings. The fourth-order valence-corrected chi connectivity index (χ4v) is 6.34. The van der Waals surface area contributed by atoms with Crippen LogP contribution in [0, 0.1) is 0 Å². The largest absolute Gasteiger partial charge is 0.444 e. The summed E-state index contributed by atoms with van der Waals surface area (Å²) in [6.07, 6.45) is 0.844. The maximum atomic E-state index is 13.4. The molecular weight excluding hydrogens is 649 g/mol. The molecule has 4 rings (SSSR count). The molecule has 2 aromatic carbocycles. The average Bonchev–Trinajstić information content (AvgIpc) is 3.77. The Balaban J connectivity index is 1.41. The molecule has 13 heteroatoms. The first kappa shape index (κ1) is 36.5. The van der Waals surface area contributed by atoms with Crippen LogP contribution in [0.15, 0.2) is 77.8 Å². The van der Waals surface area contributed by atoms with E-state index in [-0.39, 0.29) is 13.0 Å². The van der Waals surface area contributed by atoms with Gasteiger partial charge in [-0.25, -0.2) is 14.6 Å². The molecule has 4 unspecified atom stereocenters. The monoisotopic (exact) mass is 692 g/mol. The van der Waals surface area contributed by atoms with Crippen molar-refractivity contribution in [2.75, 3.05) is 7.05 Å². The van der Waals surface area contributed by atoms with E-state index in [2.05, 4.69) is 39.8 Å². The van der Waals surface area contributed by atoms with Gasteiger partial charge in [-0.2, -0.15) is 0 Å². The lowest BCUT2D eigenvalue weighted by molar-refractivity contribution is -0.123. The summed E-state index contributed by atoms with van der Waals surface area (Å²) in [6.45, 7) is 6.15. The fourth-order valence-electron chi connectivity index (χ4n) is 5.00. The van der Waals surface area contributed by atoms with E-state index in [1.54, 1.807) is 37.0 Å². The van der Waals surface area contributed by atoms with Gasteiger partial charge in [0.2, 0.25) is 5.91 Å². The van der Waals surface area contributed by atoms with Gasteiger partial charge in [-0.05, 0) is 37.3 Å². The second-order valence-corrected chi connectivity index (χ2v) is 13.9. The molecule has 2 aromatic heterocycles. The van der Waals surface area contributed by atoms with Crippen LogP contribution >= 0.6 is 22.7 Å². The highest BCUT2D eigenvalue weighted by molar-refractivity contribution is 7.09. The molecule has 2 heterocycles. The number of urea groups is 1. The van der Waals surface area contributed by atoms with Gasteiger partial charge in [0.05, 0.1) is 39.8 Å². The number of aliphatic hydroxyl groups excluding tert-OH is 1. The number of alkyl carbamates (subject to hydrolysis) is 1. The van der Waals surface area contributed by atoms with Gasteiger partial charge in [-0.3, -0.25) is 9.78 Å². The van der Waals surface area contributed by atoms with Crippen LogP contribution in [0.2, 0.25) is 0 Å². The minimum absolute atomic E-state index is 0.0683. The third kappa shape index (κ3) is 11.7. The summed E-state index contributed by atoms with van der Waals surface area (Å²) >= 11 is 2.94. The highest BCUT2D eigenvalue weighted by Crippen LogP contribution is 2.20.